The summed E-state index contributed by atoms with van der Waals surface area (Å²) in [6, 6.07) is 12.3. The maximum atomic E-state index is 6.07. The van der Waals surface area contributed by atoms with Gasteiger partial charge in [0.05, 0.1) is 19.5 Å². The summed E-state index contributed by atoms with van der Waals surface area (Å²) in [7, 11) is 0. The summed E-state index contributed by atoms with van der Waals surface area (Å²) in [6.07, 6.45) is 8.30. The first-order chi connectivity index (χ1) is 13.7. The fraction of sp³-hybridized carbons (Fsp3) is 0.440. The monoisotopic (exact) mass is 382 g/mol. The van der Waals surface area contributed by atoms with Gasteiger partial charge in [0.25, 0.3) is 0 Å². The van der Waals surface area contributed by atoms with Gasteiger partial charge < -0.3 is 14.2 Å². The molecule has 0 unspecified atom stereocenters. The maximum absolute atomic E-state index is 6.07. The van der Waals surface area contributed by atoms with Gasteiger partial charge in [0.15, 0.2) is 0 Å². The maximum Gasteiger partial charge on any atom is 0.130 e. The lowest BCUT2D eigenvalue weighted by Crippen LogP contribution is -2.01. The number of benzene rings is 2. The summed E-state index contributed by atoms with van der Waals surface area (Å²) < 4.78 is 17.2. The zero-order valence-electron chi connectivity index (χ0n) is 17.6. The molecule has 0 bridgehead atoms. The van der Waals surface area contributed by atoms with Gasteiger partial charge in [-0.3, -0.25) is 0 Å². The van der Waals surface area contributed by atoms with Crippen molar-refractivity contribution in [1.82, 2.24) is 0 Å². The highest BCUT2D eigenvalue weighted by atomic mass is 16.5. The minimum absolute atomic E-state index is 0.752. The van der Waals surface area contributed by atoms with E-state index in [0.29, 0.717) is 0 Å². The number of rotatable bonds is 13. The summed E-state index contributed by atoms with van der Waals surface area (Å²) in [5.41, 5.74) is 3.58. The van der Waals surface area contributed by atoms with Crippen LogP contribution in [0.1, 0.15) is 55.7 Å². The largest absolute Gasteiger partial charge is 0.502 e. The second kappa shape index (κ2) is 12.1. The predicted octanol–water partition coefficient (Wildman–Crippen LogP) is 7.15. The average molecular weight is 383 g/mol. The molecule has 0 aliphatic carbocycles. The molecule has 0 aliphatic rings. The van der Waals surface area contributed by atoms with Crippen molar-refractivity contribution in [3.8, 4) is 17.2 Å². The number of hydrogen-bond donors (Lipinski definition) is 0. The molecule has 152 valence electrons. The van der Waals surface area contributed by atoms with Crippen LogP contribution in [0.3, 0.4) is 0 Å². The molecule has 3 heteroatoms. The molecule has 0 aliphatic heterocycles. The molecule has 2 aromatic carbocycles. The first kappa shape index (κ1) is 21.9. The van der Waals surface area contributed by atoms with Crippen LogP contribution in [0.2, 0.25) is 0 Å². The van der Waals surface area contributed by atoms with E-state index in [9.17, 15) is 0 Å². The number of unbranched alkanes of at least 4 members (excludes halogenated alkanes) is 4. The van der Waals surface area contributed by atoms with Gasteiger partial charge in [-0.15, -0.1) is 0 Å². The lowest BCUT2D eigenvalue weighted by atomic mass is 10.1. The van der Waals surface area contributed by atoms with Crippen LogP contribution < -0.4 is 9.47 Å². The van der Waals surface area contributed by atoms with E-state index in [4.69, 9.17) is 14.2 Å². The average Bonchev–Trinajstić information content (AvgIpc) is 2.72. The van der Waals surface area contributed by atoms with Gasteiger partial charge in [0, 0.05) is 0 Å². The van der Waals surface area contributed by atoms with Crippen molar-refractivity contribution in [2.24, 2.45) is 0 Å². The van der Waals surface area contributed by atoms with Crippen molar-refractivity contribution >= 4 is 0 Å². The first-order valence-corrected chi connectivity index (χ1v) is 10.4. The first-order valence-electron chi connectivity index (χ1n) is 10.4. The summed E-state index contributed by atoms with van der Waals surface area (Å²) in [4.78, 5) is 0. The molecule has 0 saturated carbocycles. The summed E-state index contributed by atoms with van der Waals surface area (Å²) in [6.45, 7) is 11.4. The molecule has 0 saturated heterocycles. The Hall–Kier alpha value is -2.42. The van der Waals surface area contributed by atoms with Gasteiger partial charge in [0.1, 0.15) is 17.2 Å². The van der Waals surface area contributed by atoms with E-state index < -0.39 is 0 Å². The lowest BCUT2D eigenvalue weighted by Gasteiger charge is -2.15. The Morgan fingerprint density at radius 3 is 2.07 bits per heavy atom. The van der Waals surface area contributed by atoms with Crippen LogP contribution in [-0.2, 0) is 11.2 Å². The quantitative estimate of drug-likeness (QED) is 0.272. The van der Waals surface area contributed by atoms with E-state index in [2.05, 4.69) is 39.5 Å². The molecule has 0 spiro atoms. The molecule has 2 rings (SSSR count). The zero-order valence-corrected chi connectivity index (χ0v) is 17.6. The summed E-state index contributed by atoms with van der Waals surface area (Å²) in [5.74, 6) is 2.70. The molecule has 0 N–H and O–H groups in total. The molecule has 0 atom stereocenters. The van der Waals surface area contributed by atoms with E-state index in [1.54, 1.807) is 0 Å². The smallest absolute Gasteiger partial charge is 0.130 e. The van der Waals surface area contributed by atoms with E-state index in [-0.39, 0.29) is 0 Å². The Morgan fingerprint density at radius 1 is 0.786 bits per heavy atom. The van der Waals surface area contributed by atoms with E-state index in [0.717, 1.165) is 60.9 Å². The topological polar surface area (TPSA) is 27.7 Å². The molecule has 3 nitrogen and oxygen atoms in total. The van der Waals surface area contributed by atoms with E-state index in [1.807, 2.05) is 24.3 Å². The van der Waals surface area contributed by atoms with Crippen molar-refractivity contribution in [2.75, 3.05) is 13.2 Å². The highest BCUT2D eigenvalue weighted by Crippen LogP contribution is 2.32. The number of ether oxygens (including phenoxy) is 3. The third-order valence-electron chi connectivity index (χ3n) is 5.03. The van der Waals surface area contributed by atoms with Gasteiger partial charge in [-0.25, -0.2) is 0 Å². The zero-order chi connectivity index (χ0) is 20.2. The van der Waals surface area contributed by atoms with Crippen LogP contribution in [-0.4, -0.2) is 13.2 Å². The van der Waals surface area contributed by atoms with Crippen molar-refractivity contribution < 1.29 is 14.2 Å². The number of aryl methyl sites for hydroxylation is 1. The van der Waals surface area contributed by atoms with Crippen molar-refractivity contribution in [3.63, 3.8) is 0 Å². The second-order valence-electron chi connectivity index (χ2n) is 7.07. The normalized spacial score (nSPS) is 10.5. The van der Waals surface area contributed by atoms with Gasteiger partial charge in [-0.1, -0.05) is 44.9 Å². The SMILES string of the molecule is C=COCCCCCCCOc1ccc(Oc2ccc(CC)cc2)c(C)c1C. The van der Waals surface area contributed by atoms with Gasteiger partial charge in [-0.05, 0) is 74.1 Å². The molecule has 28 heavy (non-hydrogen) atoms. The lowest BCUT2D eigenvalue weighted by molar-refractivity contribution is 0.240. The van der Waals surface area contributed by atoms with Crippen molar-refractivity contribution in [2.45, 2.75) is 59.3 Å². The third kappa shape index (κ3) is 6.95. The van der Waals surface area contributed by atoms with Gasteiger partial charge in [0.2, 0.25) is 0 Å². The molecule has 0 radical (unpaired) electrons. The molecule has 0 fully saturated rings. The summed E-state index contributed by atoms with van der Waals surface area (Å²) in [5, 5.41) is 0. The van der Waals surface area contributed by atoms with Crippen LogP contribution in [0.15, 0.2) is 49.2 Å². The molecule has 0 amide bonds. The predicted molar refractivity (Wildman–Crippen MR) is 117 cm³/mol. The highest BCUT2D eigenvalue weighted by molar-refractivity contribution is 5.48. The standard InChI is InChI=1S/C25H34O3/c1-5-22-12-14-23(15-13-22)28-25-17-16-24(20(3)21(25)4)27-19-11-9-7-8-10-18-26-6-2/h6,12-17H,2,5,7-11,18-19H2,1,3-4H3. The minimum Gasteiger partial charge on any atom is -0.502 e. The molecular weight excluding hydrogens is 348 g/mol. The fourth-order valence-corrected chi connectivity index (χ4v) is 3.04. The fourth-order valence-electron chi connectivity index (χ4n) is 3.04. The Balaban J connectivity index is 1.78. The summed E-state index contributed by atoms with van der Waals surface area (Å²) >= 11 is 0. The highest BCUT2D eigenvalue weighted by Gasteiger charge is 2.09. The van der Waals surface area contributed by atoms with E-state index in [1.165, 1.54) is 31.1 Å². The van der Waals surface area contributed by atoms with Crippen molar-refractivity contribution in [3.05, 3.63) is 65.9 Å². The van der Waals surface area contributed by atoms with Gasteiger partial charge in [-0.2, -0.15) is 0 Å². The molecule has 0 heterocycles. The van der Waals surface area contributed by atoms with Gasteiger partial charge >= 0.3 is 0 Å². The van der Waals surface area contributed by atoms with Crippen LogP contribution in [0.4, 0.5) is 0 Å². The Morgan fingerprint density at radius 2 is 1.39 bits per heavy atom. The Bertz CT molecular complexity index is 719. The third-order valence-corrected chi connectivity index (χ3v) is 5.03. The molecule has 2 aromatic rings. The Labute approximate surface area is 170 Å². The molecular formula is C25H34O3. The van der Waals surface area contributed by atoms with Crippen LogP contribution in [0.5, 0.6) is 17.2 Å². The molecule has 0 aromatic heterocycles. The number of hydrogen-bond acceptors (Lipinski definition) is 3. The second-order valence-corrected chi connectivity index (χ2v) is 7.07. The Kier molecular flexibility index (Phi) is 9.47. The van der Waals surface area contributed by atoms with Crippen LogP contribution in [0.25, 0.3) is 0 Å². The van der Waals surface area contributed by atoms with Crippen LogP contribution >= 0.6 is 0 Å². The van der Waals surface area contributed by atoms with Crippen LogP contribution in [0, 0.1) is 13.8 Å². The van der Waals surface area contributed by atoms with Crippen molar-refractivity contribution in [1.29, 1.82) is 0 Å². The minimum atomic E-state index is 0.752. The van der Waals surface area contributed by atoms with E-state index >= 15 is 0 Å².